The van der Waals surface area contributed by atoms with Crippen molar-refractivity contribution in [2.75, 3.05) is 0 Å². The minimum atomic E-state index is 0.624. The molecule has 4 heterocycles. The van der Waals surface area contributed by atoms with Crippen LogP contribution in [0.15, 0.2) is 224 Å². The molecule has 302 valence electrons. The van der Waals surface area contributed by atoms with Crippen LogP contribution in [0.2, 0.25) is 0 Å². The second-order valence-corrected chi connectivity index (χ2v) is 16.9. The summed E-state index contributed by atoms with van der Waals surface area (Å²) in [6, 6.07) is 80.7. The van der Waals surface area contributed by atoms with Gasteiger partial charge in [-0.25, -0.2) is 9.97 Å². The molecule has 0 saturated carbocycles. The molecule has 0 spiro atoms. The van der Waals surface area contributed by atoms with Crippen molar-refractivity contribution >= 4 is 87.0 Å². The summed E-state index contributed by atoms with van der Waals surface area (Å²) >= 11 is 0. The number of aromatic nitrogens is 5. The van der Waals surface area contributed by atoms with Gasteiger partial charge in [-0.3, -0.25) is 4.57 Å². The topological polar surface area (TPSA) is 40.6 Å². The fourth-order valence-corrected chi connectivity index (χ4v) is 10.7. The van der Waals surface area contributed by atoms with E-state index in [2.05, 4.69) is 238 Å². The van der Waals surface area contributed by atoms with Gasteiger partial charge in [0.15, 0.2) is 0 Å². The molecule has 14 aromatic rings. The van der Waals surface area contributed by atoms with Crippen LogP contribution in [-0.4, -0.2) is 23.7 Å². The Labute approximate surface area is 373 Å². The highest BCUT2D eigenvalue weighted by atomic mass is 15.2. The van der Waals surface area contributed by atoms with Crippen molar-refractivity contribution in [1.82, 2.24) is 23.7 Å². The van der Waals surface area contributed by atoms with Gasteiger partial charge in [0.25, 0.3) is 0 Å². The molecular formula is C60H37N5. The Hall–Kier alpha value is -8.80. The van der Waals surface area contributed by atoms with Crippen molar-refractivity contribution in [3.63, 3.8) is 0 Å². The van der Waals surface area contributed by atoms with Gasteiger partial charge in [0.05, 0.1) is 50.2 Å². The maximum absolute atomic E-state index is 5.53. The largest absolute Gasteiger partial charge is 0.309 e. The molecule has 0 N–H and O–H groups in total. The number of benzene rings is 10. The normalized spacial score (nSPS) is 12.0. The van der Waals surface area contributed by atoms with E-state index in [1.807, 2.05) is 0 Å². The molecule has 0 saturated heterocycles. The van der Waals surface area contributed by atoms with Crippen LogP contribution in [0.1, 0.15) is 0 Å². The SMILES string of the molecule is c1ccc(-n2c3ccccc3c3c4c5ccccc5n(-c5cccc6c5c5ccccc5n6-c5nc(-c6cccc7ccccc67)cc(-c6cccc7ccccc67)n5)c4ccc32)cc1. The molecule has 65 heavy (non-hydrogen) atoms. The van der Waals surface area contributed by atoms with E-state index in [1.165, 1.54) is 43.4 Å². The van der Waals surface area contributed by atoms with E-state index < -0.39 is 0 Å². The van der Waals surface area contributed by atoms with Crippen LogP contribution in [0.5, 0.6) is 0 Å². The van der Waals surface area contributed by atoms with E-state index in [1.54, 1.807) is 0 Å². The molecule has 5 heteroatoms. The quantitative estimate of drug-likeness (QED) is 0.173. The number of rotatable bonds is 5. The van der Waals surface area contributed by atoms with Crippen molar-refractivity contribution in [3.8, 4) is 39.8 Å². The fourth-order valence-electron chi connectivity index (χ4n) is 10.7. The summed E-state index contributed by atoms with van der Waals surface area (Å²) in [5, 5.41) is 11.9. The fraction of sp³-hybridized carbons (Fsp3) is 0. The van der Waals surface area contributed by atoms with Crippen molar-refractivity contribution < 1.29 is 0 Å². The molecule has 0 radical (unpaired) electrons. The van der Waals surface area contributed by atoms with Gasteiger partial charge in [-0.2, -0.15) is 0 Å². The second-order valence-electron chi connectivity index (χ2n) is 16.9. The molecule has 0 fully saturated rings. The highest BCUT2D eigenvalue weighted by Gasteiger charge is 2.24. The summed E-state index contributed by atoms with van der Waals surface area (Å²) in [7, 11) is 0. The molecule has 5 nitrogen and oxygen atoms in total. The number of hydrogen-bond donors (Lipinski definition) is 0. The first-order chi connectivity index (χ1) is 32.3. The maximum atomic E-state index is 5.53. The molecule has 0 atom stereocenters. The van der Waals surface area contributed by atoms with Gasteiger partial charge in [-0.05, 0) is 82.2 Å². The average Bonchev–Trinajstić information content (AvgIpc) is 4.02. The average molecular weight is 828 g/mol. The Balaban J connectivity index is 1.08. The van der Waals surface area contributed by atoms with Crippen molar-refractivity contribution in [2.45, 2.75) is 0 Å². The zero-order valence-corrected chi connectivity index (χ0v) is 35.1. The third-order valence-electron chi connectivity index (χ3n) is 13.4. The van der Waals surface area contributed by atoms with Gasteiger partial charge in [-0.15, -0.1) is 0 Å². The molecule has 0 aliphatic rings. The second kappa shape index (κ2) is 13.9. The molecule has 14 rings (SSSR count). The Bertz CT molecular complexity index is 4140. The molecule has 0 amide bonds. The standard InChI is InChI=1S/C60H37N5/c1-2-21-40(22-3-1)63-50-30-11-9-26-46(50)58-55(63)35-36-56-59(58)47-27-10-12-31-51(47)64(56)53-33-16-34-54-57(53)45-25-8-13-32-52(45)65(54)60-61-48(43-28-14-19-38-17-4-6-23-41(38)43)37-49(62-60)44-29-15-20-39-18-5-7-24-42(39)44/h1-37H. The van der Waals surface area contributed by atoms with E-state index in [4.69, 9.17) is 9.97 Å². The van der Waals surface area contributed by atoms with Crippen molar-refractivity contribution in [2.24, 2.45) is 0 Å². The zero-order chi connectivity index (χ0) is 42.6. The van der Waals surface area contributed by atoms with Crippen LogP contribution >= 0.6 is 0 Å². The number of hydrogen-bond acceptors (Lipinski definition) is 2. The van der Waals surface area contributed by atoms with Gasteiger partial charge >= 0.3 is 0 Å². The van der Waals surface area contributed by atoms with Gasteiger partial charge in [0, 0.05) is 49.1 Å². The predicted octanol–water partition coefficient (Wildman–Crippen LogP) is 15.4. The van der Waals surface area contributed by atoms with Gasteiger partial charge < -0.3 is 9.13 Å². The Morgan fingerprint density at radius 3 is 1.29 bits per heavy atom. The summed E-state index contributed by atoms with van der Waals surface area (Å²) < 4.78 is 7.16. The van der Waals surface area contributed by atoms with Crippen LogP contribution in [0.25, 0.3) is 127 Å². The lowest BCUT2D eigenvalue weighted by atomic mass is 9.99. The van der Waals surface area contributed by atoms with Crippen LogP contribution < -0.4 is 0 Å². The molecule has 0 unspecified atom stereocenters. The number of para-hydroxylation sites is 4. The Morgan fingerprint density at radius 1 is 0.277 bits per heavy atom. The molecule has 0 aliphatic heterocycles. The first-order valence-corrected chi connectivity index (χ1v) is 22.2. The maximum Gasteiger partial charge on any atom is 0.235 e. The van der Waals surface area contributed by atoms with Crippen LogP contribution in [0.4, 0.5) is 0 Å². The van der Waals surface area contributed by atoms with Crippen molar-refractivity contribution in [1.29, 1.82) is 0 Å². The first kappa shape index (κ1) is 35.8. The third kappa shape index (κ3) is 5.21. The summed E-state index contributed by atoms with van der Waals surface area (Å²) in [4.78, 5) is 11.1. The molecular weight excluding hydrogens is 791 g/mol. The summed E-state index contributed by atoms with van der Waals surface area (Å²) in [5.41, 5.74) is 12.9. The number of nitrogens with zero attached hydrogens (tertiary/aromatic N) is 5. The zero-order valence-electron chi connectivity index (χ0n) is 35.1. The van der Waals surface area contributed by atoms with Crippen LogP contribution in [0, 0.1) is 0 Å². The van der Waals surface area contributed by atoms with Gasteiger partial charge in [0.1, 0.15) is 0 Å². The lowest BCUT2D eigenvalue weighted by Crippen LogP contribution is -2.04. The van der Waals surface area contributed by atoms with Crippen LogP contribution in [0.3, 0.4) is 0 Å². The van der Waals surface area contributed by atoms with Crippen molar-refractivity contribution in [3.05, 3.63) is 224 Å². The van der Waals surface area contributed by atoms with Gasteiger partial charge in [0.2, 0.25) is 5.95 Å². The predicted molar refractivity (Wildman–Crippen MR) is 271 cm³/mol. The monoisotopic (exact) mass is 827 g/mol. The smallest absolute Gasteiger partial charge is 0.235 e. The van der Waals surface area contributed by atoms with E-state index in [0.29, 0.717) is 5.95 Å². The van der Waals surface area contributed by atoms with Gasteiger partial charge in [-0.1, -0.05) is 164 Å². The molecule has 4 aromatic heterocycles. The molecule has 0 bridgehead atoms. The summed E-state index contributed by atoms with van der Waals surface area (Å²) in [6.07, 6.45) is 0. The molecule has 0 aliphatic carbocycles. The van der Waals surface area contributed by atoms with Crippen LogP contribution in [-0.2, 0) is 0 Å². The highest BCUT2D eigenvalue weighted by molar-refractivity contribution is 6.29. The van der Waals surface area contributed by atoms with E-state index in [-0.39, 0.29) is 0 Å². The van der Waals surface area contributed by atoms with E-state index in [0.717, 1.165) is 77.5 Å². The minimum Gasteiger partial charge on any atom is -0.309 e. The lowest BCUT2D eigenvalue weighted by Gasteiger charge is -2.14. The summed E-state index contributed by atoms with van der Waals surface area (Å²) in [5.74, 6) is 0.624. The third-order valence-corrected chi connectivity index (χ3v) is 13.4. The minimum absolute atomic E-state index is 0.624. The van der Waals surface area contributed by atoms with E-state index >= 15 is 0 Å². The lowest BCUT2D eigenvalue weighted by molar-refractivity contribution is 0.996. The molecule has 10 aromatic carbocycles. The highest BCUT2D eigenvalue weighted by Crippen LogP contribution is 2.45. The first-order valence-electron chi connectivity index (χ1n) is 22.2. The Kier molecular flexibility index (Phi) is 7.62. The van der Waals surface area contributed by atoms with E-state index in [9.17, 15) is 0 Å². The number of fused-ring (bicyclic) bond motifs is 12. The Morgan fingerprint density at radius 2 is 0.692 bits per heavy atom. The summed E-state index contributed by atoms with van der Waals surface area (Å²) in [6.45, 7) is 0.